The number of hydrogen-bond acceptors (Lipinski definition) is 1. The summed E-state index contributed by atoms with van der Waals surface area (Å²) in [6, 6.07) is 14.1. The number of hydrogen-bond donors (Lipinski definition) is 1. The van der Waals surface area contributed by atoms with E-state index in [2.05, 4.69) is 45.0 Å². The molecule has 2 aromatic rings. The molecule has 2 N–H and O–H groups in total. The van der Waals surface area contributed by atoms with E-state index >= 15 is 0 Å². The number of nitrogens with two attached hydrogens (primary N) is 1. The fraction of sp³-hybridized carbons (Fsp3) is 0.250. The summed E-state index contributed by atoms with van der Waals surface area (Å²) in [5, 5.41) is 0.669. The summed E-state index contributed by atoms with van der Waals surface area (Å²) in [6.07, 6.45) is 0. The molecule has 0 heterocycles. The van der Waals surface area contributed by atoms with Crippen LogP contribution in [0.4, 0.5) is 5.69 Å². The Bertz CT molecular complexity index is 550. The minimum Gasteiger partial charge on any atom is -0.398 e. The predicted molar refractivity (Wildman–Crippen MR) is 80.0 cm³/mol. The lowest BCUT2D eigenvalue weighted by molar-refractivity contribution is 0.590. The molecule has 2 aromatic carbocycles. The standard InChI is InChI=1S/C16H18ClN/c1-16(2,3)12-6-4-11(5-7-12)14-9-8-13(17)10-15(14)18/h4-10H,18H2,1-3H3. The monoisotopic (exact) mass is 259 g/mol. The van der Waals surface area contributed by atoms with E-state index in [9.17, 15) is 0 Å². The number of anilines is 1. The van der Waals surface area contributed by atoms with E-state index in [4.69, 9.17) is 17.3 Å². The summed E-state index contributed by atoms with van der Waals surface area (Å²) < 4.78 is 0. The van der Waals surface area contributed by atoms with Crippen molar-refractivity contribution in [1.82, 2.24) is 0 Å². The summed E-state index contributed by atoms with van der Waals surface area (Å²) in [7, 11) is 0. The normalized spacial score (nSPS) is 11.6. The lowest BCUT2D eigenvalue weighted by Crippen LogP contribution is -2.10. The SMILES string of the molecule is CC(C)(C)c1ccc(-c2ccc(Cl)cc2N)cc1. The van der Waals surface area contributed by atoms with Crippen LogP contribution in [0.15, 0.2) is 42.5 Å². The molecule has 0 atom stereocenters. The van der Waals surface area contributed by atoms with Crippen LogP contribution in [0.3, 0.4) is 0 Å². The molecule has 1 nitrogen and oxygen atoms in total. The molecule has 2 heteroatoms. The highest BCUT2D eigenvalue weighted by molar-refractivity contribution is 6.31. The third-order valence-electron chi connectivity index (χ3n) is 3.08. The van der Waals surface area contributed by atoms with E-state index < -0.39 is 0 Å². The van der Waals surface area contributed by atoms with Gasteiger partial charge in [0.2, 0.25) is 0 Å². The largest absolute Gasteiger partial charge is 0.398 e. The molecule has 0 unspecified atom stereocenters. The Morgan fingerprint density at radius 3 is 2.06 bits per heavy atom. The van der Waals surface area contributed by atoms with E-state index in [0.29, 0.717) is 10.7 Å². The molecule has 2 rings (SSSR count). The van der Waals surface area contributed by atoms with Crippen LogP contribution in [-0.2, 0) is 5.41 Å². The van der Waals surface area contributed by atoms with Crippen molar-refractivity contribution >= 4 is 17.3 Å². The van der Waals surface area contributed by atoms with Crippen LogP contribution >= 0.6 is 11.6 Å². The van der Waals surface area contributed by atoms with Gasteiger partial charge >= 0.3 is 0 Å². The van der Waals surface area contributed by atoms with E-state index in [-0.39, 0.29) is 5.41 Å². The molecule has 0 aliphatic carbocycles. The molecule has 0 bridgehead atoms. The fourth-order valence-corrected chi connectivity index (χ4v) is 2.13. The minimum absolute atomic E-state index is 0.171. The maximum absolute atomic E-state index is 5.99. The van der Waals surface area contributed by atoms with Gasteiger partial charge in [-0.1, -0.05) is 62.7 Å². The number of rotatable bonds is 1. The molecule has 0 aliphatic heterocycles. The Morgan fingerprint density at radius 2 is 1.56 bits per heavy atom. The molecule has 0 fully saturated rings. The van der Waals surface area contributed by atoms with Gasteiger partial charge in [-0.05, 0) is 28.7 Å². The third-order valence-corrected chi connectivity index (χ3v) is 3.31. The second kappa shape index (κ2) is 4.66. The number of halogens is 1. The average molecular weight is 260 g/mol. The van der Waals surface area contributed by atoms with Crippen molar-refractivity contribution < 1.29 is 0 Å². The second-order valence-electron chi connectivity index (χ2n) is 5.56. The maximum atomic E-state index is 5.99. The van der Waals surface area contributed by atoms with Crippen molar-refractivity contribution in [3.63, 3.8) is 0 Å². The average Bonchev–Trinajstić information content (AvgIpc) is 2.28. The zero-order valence-electron chi connectivity index (χ0n) is 11.0. The fourth-order valence-electron chi connectivity index (χ4n) is 1.95. The van der Waals surface area contributed by atoms with Gasteiger partial charge in [-0.25, -0.2) is 0 Å². The maximum Gasteiger partial charge on any atom is 0.0426 e. The van der Waals surface area contributed by atoms with Crippen LogP contribution in [0.5, 0.6) is 0 Å². The van der Waals surface area contributed by atoms with Gasteiger partial charge < -0.3 is 5.73 Å². The Hall–Kier alpha value is -1.47. The molecule has 0 saturated heterocycles. The van der Waals surface area contributed by atoms with Gasteiger partial charge in [-0.2, -0.15) is 0 Å². The van der Waals surface area contributed by atoms with Gasteiger partial charge in [0.25, 0.3) is 0 Å². The lowest BCUT2D eigenvalue weighted by atomic mass is 9.86. The smallest absolute Gasteiger partial charge is 0.0426 e. The molecule has 0 amide bonds. The quantitative estimate of drug-likeness (QED) is 0.725. The summed E-state index contributed by atoms with van der Waals surface area (Å²) >= 11 is 5.91. The molecule has 0 spiro atoms. The molecular weight excluding hydrogens is 242 g/mol. The summed E-state index contributed by atoms with van der Waals surface area (Å²) in [5.41, 5.74) is 10.3. The zero-order valence-corrected chi connectivity index (χ0v) is 11.8. The summed E-state index contributed by atoms with van der Waals surface area (Å²) in [4.78, 5) is 0. The first kappa shape index (κ1) is 13.0. The third kappa shape index (κ3) is 2.68. The summed E-state index contributed by atoms with van der Waals surface area (Å²) in [5.74, 6) is 0. The van der Waals surface area contributed by atoms with Gasteiger partial charge in [0, 0.05) is 16.3 Å². The van der Waals surface area contributed by atoms with E-state index in [1.165, 1.54) is 5.56 Å². The Kier molecular flexibility index (Phi) is 3.36. The van der Waals surface area contributed by atoms with Crippen molar-refractivity contribution in [2.75, 3.05) is 5.73 Å². The van der Waals surface area contributed by atoms with Crippen molar-refractivity contribution in [1.29, 1.82) is 0 Å². The van der Waals surface area contributed by atoms with Gasteiger partial charge in [-0.3, -0.25) is 0 Å². The molecule has 0 radical (unpaired) electrons. The molecular formula is C16H18ClN. The van der Waals surface area contributed by atoms with Crippen LogP contribution in [0.25, 0.3) is 11.1 Å². The Labute approximate surface area is 114 Å². The predicted octanol–water partition coefficient (Wildman–Crippen LogP) is 4.89. The first-order valence-electron chi connectivity index (χ1n) is 6.04. The Balaban J connectivity index is 2.41. The second-order valence-corrected chi connectivity index (χ2v) is 6.00. The highest BCUT2D eigenvalue weighted by atomic mass is 35.5. The van der Waals surface area contributed by atoms with E-state index in [1.807, 2.05) is 12.1 Å². The Morgan fingerprint density at radius 1 is 0.944 bits per heavy atom. The van der Waals surface area contributed by atoms with Gasteiger partial charge in [0.1, 0.15) is 0 Å². The lowest BCUT2D eigenvalue weighted by Gasteiger charge is -2.19. The van der Waals surface area contributed by atoms with E-state index in [1.54, 1.807) is 6.07 Å². The van der Waals surface area contributed by atoms with Crippen molar-refractivity contribution in [2.45, 2.75) is 26.2 Å². The molecule has 0 aromatic heterocycles. The topological polar surface area (TPSA) is 26.0 Å². The molecule has 0 aliphatic rings. The van der Waals surface area contributed by atoms with Crippen LogP contribution < -0.4 is 5.73 Å². The van der Waals surface area contributed by atoms with Crippen molar-refractivity contribution in [3.05, 3.63) is 53.1 Å². The first-order chi connectivity index (χ1) is 8.38. The zero-order chi connectivity index (χ0) is 13.3. The van der Waals surface area contributed by atoms with Crippen LogP contribution in [-0.4, -0.2) is 0 Å². The molecule has 0 saturated carbocycles. The number of nitrogen functional groups attached to an aromatic ring is 1. The van der Waals surface area contributed by atoms with Gasteiger partial charge in [0.05, 0.1) is 0 Å². The number of benzene rings is 2. The highest BCUT2D eigenvalue weighted by Crippen LogP contribution is 2.30. The molecule has 94 valence electrons. The van der Waals surface area contributed by atoms with Crippen molar-refractivity contribution in [3.8, 4) is 11.1 Å². The van der Waals surface area contributed by atoms with Crippen LogP contribution in [0.2, 0.25) is 5.02 Å². The van der Waals surface area contributed by atoms with Crippen molar-refractivity contribution in [2.24, 2.45) is 0 Å². The minimum atomic E-state index is 0.171. The van der Waals surface area contributed by atoms with Crippen LogP contribution in [0, 0.1) is 0 Å². The van der Waals surface area contributed by atoms with Gasteiger partial charge in [-0.15, -0.1) is 0 Å². The van der Waals surface area contributed by atoms with Crippen LogP contribution in [0.1, 0.15) is 26.3 Å². The highest BCUT2D eigenvalue weighted by Gasteiger charge is 2.13. The molecule has 18 heavy (non-hydrogen) atoms. The van der Waals surface area contributed by atoms with Gasteiger partial charge in [0.15, 0.2) is 0 Å². The van der Waals surface area contributed by atoms with E-state index in [0.717, 1.165) is 11.1 Å². The first-order valence-corrected chi connectivity index (χ1v) is 6.42. The summed E-state index contributed by atoms with van der Waals surface area (Å²) in [6.45, 7) is 6.62.